The van der Waals surface area contributed by atoms with Gasteiger partial charge in [-0.1, -0.05) is 6.92 Å². The maximum Gasteiger partial charge on any atom is 0.340 e. The number of carbonyl (C=O) groups is 1. The molecule has 0 radical (unpaired) electrons. The summed E-state index contributed by atoms with van der Waals surface area (Å²) in [5.41, 5.74) is 6.16. The van der Waals surface area contributed by atoms with Gasteiger partial charge >= 0.3 is 5.97 Å². The lowest BCUT2D eigenvalue weighted by molar-refractivity contribution is 0.0527. The highest BCUT2D eigenvalue weighted by Crippen LogP contribution is 2.22. The largest absolute Gasteiger partial charge is 0.462 e. The Morgan fingerprint density at radius 2 is 2.15 bits per heavy atom. The highest BCUT2D eigenvalue weighted by atomic mass is 19.1. The van der Waals surface area contributed by atoms with Crippen molar-refractivity contribution in [3.63, 3.8) is 0 Å². The van der Waals surface area contributed by atoms with Crippen molar-refractivity contribution < 1.29 is 13.9 Å². The molecule has 0 spiro atoms. The third-order valence-electron chi connectivity index (χ3n) is 2.98. The quantitative estimate of drug-likeness (QED) is 0.591. The Labute approximate surface area is 118 Å². The fourth-order valence-electron chi connectivity index (χ4n) is 1.65. The smallest absolute Gasteiger partial charge is 0.340 e. The molecule has 0 aliphatic rings. The zero-order valence-electron chi connectivity index (χ0n) is 12.2. The van der Waals surface area contributed by atoms with Crippen LogP contribution in [-0.2, 0) is 4.74 Å². The molecule has 0 fully saturated rings. The van der Waals surface area contributed by atoms with E-state index in [9.17, 15) is 9.18 Å². The topological polar surface area (TPSA) is 67.6 Å². The van der Waals surface area contributed by atoms with Gasteiger partial charge in [0.1, 0.15) is 5.82 Å². The standard InChI is InChI=1S/C14H22FN3O2/c1-4-18(3)7-6-17-13-8-10(14(19)20-5-2)12(16)9-11(13)15/h8-9,17H,4-7,16H2,1-3H3. The first-order valence-electron chi connectivity index (χ1n) is 6.68. The maximum absolute atomic E-state index is 13.8. The molecular formula is C14H22FN3O2. The van der Waals surface area contributed by atoms with Gasteiger partial charge in [0.2, 0.25) is 0 Å². The van der Waals surface area contributed by atoms with Gasteiger partial charge in [0, 0.05) is 18.8 Å². The number of halogens is 1. The van der Waals surface area contributed by atoms with Gasteiger partial charge < -0.3 is 20.7 Å². The van der Waals surface area contributed by atoms with Crippen LogP contribution in [0.3, 0.4) is 0 Å². The van der Waals surface area contributed by atoms with E-state index >= 15 is 0 Å². The van der Waals surface area contributed by atoms with Crippen LogP contribution in [0.1, 0.15) is 24.2 Å². The molecule has 0 aromatic heterocycles. The molecule has 0 amide bonds. The van der Waals surface area contributed by atoms with Gasteiger partial charge in [0.25, 0.3) is 0 Å². The zero-order valence-corrected chi connectivity index (χ0v) is 12.2. The Morgan fingerprint density at radius 1 is 1.45 bits per heavy atom. The Morgan fingerprint density at radius 3 is 2.75 bits per heavy atom. The van der Waals surface area contributed by atoms with E-state index in [4.69, 9.17) is 10.5 Å². The Hall–Kier alpha value is -1.82. The summed E-state index contributed by atoms with van der Waals surface area (Å²) in [5.74, 6) is -1.02. The van der Waals surface area contributed by atoms with Gasteiger partial charge in [-0.3, -0.25) is 0 Å². The van der Waals surface area contributed by atoms with Crippen molar-refractivity contribution in [2.24, 2.45) is 0 Å². The van der Waals surface area contributed by atoms with Crippen LogP contribution in [0, 0.1) is 5.82 Å². The van der Waals surface area contributed by atoms with Crippen molar-refractivity contribution in [3.05, 3.63) is 23.5 Å². The molecule has 1 rings (SSSR count). The third-order valence-corrected chi connectivity index (χ3v) is 2.98. The molecule has 6 heteroatoms. The molecular weight excluding hydrogens is 261 g/mol. The second-order valence-corrected chi connectivity index (χ2v) is 4.46. The van der Waals surface area contributed by atoms with E-state index in [0.29, 0.717) is 6.54 Å². The second kappa shape index (κ2) is 7.69. The number of esters is 1. The van der Waals surface area contributed by atoms with Crippen LogP contribution in [-0.4, -0.2) is 44.2 Å². The molecule has 0 aliphatic carbocycles. The molecule has 3 N–H and O–H groups in total. The summed E-state index contributed by atoms with van der Waals surface area (Å²) in [5, 5.41) is 2.96. The summed E-state index contributed by atoms with van der Waals surface area (Å²) in [6.07, 6.45) is 0. The molecule has 0 unspecified atom stereocenters. The van der Waals surface area contributed by atoms with E-state index in [-0.39, 0.29) is 23.5 Å². The van der Waals surface area contributed by atoms with Crippen molar-refractivity contribution in [3.8, 4) is 0 Å². The summed E-state index contributed by atoms with van der Waals surface area (Å²) >= 11 is 0. The van der Waals surface area contributed by atoms with Crippen LogP contribution in [0.25, 0.3) is 0 Å². The molecule has 112 valence electrons. The highest BCUT2D eigenvalue weighted by Gasteiger charge is 2.15. The molecule has 20 heavy (non-hydrogen) atoms. The molecule has 0 saturated heterocycles. The molecule has 0 saturated carbocycles. The summed E-state index contributed by atoms with van der Waals surface area (Å²) in [6.45, 7) is 6.27. The summed E-state index contributed by atoms with van der Waals surface area (Å²) in [4.78, 5) is 13.8. The number of benzene rings is 1. The lowest BCUT2D eigenvalue weighted by Gasteiger charge is -2.16. The average molecular weight is 283 g/mol. The molecule has 1 aromatic carbocycles. The number of nitrogens with two attached hydrogens (primary N) is 1. The number of hydrogen-bond acceptors (Lipinski definition) is 5. The molecule has 0 aliphatic heterocycles. The van der Waals surface area contributed by atoms with Crippen LogP contribution in [0.4, 0.5) is 15.8 Å². The van der Waals surface area contributed by atoms with Crippen molar-refractivity contribution in [1.29, 1.82) is 0 Å². The second-order valence-electron chi connectivity index (χ2n) is 4.46. The van der Waals surface area contributed by atoms with Crippen molar-refractivity contribution in [2.75, 3.05) is 44.3 Å². The fourth-order valence-corrected chi connectivity index (χ4v) is 1.65. The first kappa shape index (κ1) is 16.2. The molecule has 5 nitrogen and oxygen atoms in total. The molecule has 0 heterocycles. The van der Waals surface area contributed by atoms with Crippen molar-refractivity contribution in [1.82, 2.24) is 4.90 Å². The number of nitrogen functional groups attached to an aromatic ring is 1. The number of rotatable bonds is 7. The number of hydrogen-bond donors (Lipinski definition) is 2. The third kappa shape index (κ3) is 4.38. The minimum Gasteiger partial charge on any atom is -0.462 e. The number of likely N-dealkylation sites (N-methyl/N-ethyl adjacent to an activating group) is 1. The van der Waals surface area contributed by atoms with Crippen molar-refractivity contribution in [2.45, 2.75) is 13.8 Å². The minimum absolute atomic E-state index is 0.0807. The minimum atomic E-state index is -0.543. The average Bonchev–Trinajstić information content (AvgIpc) is 2.41. The zero-order chi connectivity index (χ0) is 15.1. The highest BCUT2D eigenvalue weighted by molar-refractivity contribution is 5.96. The first-order valence-corrected chi connectivity index (χ1v) is 6.68. The van der Waals surface area contributed by atoms with E-state index in [0.717, 1.165) is 19.2 Å². The molecule has 0 bridgehead atoms. The lowest BCUT2D eigenvalue weighted by atomic mass is 10.1. The van der Waals surface area contributed by atoms with E-state index in [1.54, 1.807) is 6.92 Å². The first-order chi connectivity index (χ1) is 9.49. The van der Waals surface area contributed by atoms with Gasteiger partial charge in [-0.25, -0.2) is 9.18 Å². The summed E-state index contributed by atoms with van der Waals surface area (Å²) < 4.78 is 18.7. The lowest BCUT2D eigenvalue weighted by Crippen LogP contribution is -2.25. The monoisotopic (exact) mass is 283 g/mol. The van der Waals surface area contributed by atoms with Crippen LogP contribution in [0.15, 0.2) is 12.1 Å². The van der Waals surface area contributed by atoms with Gasteiger partial charge in [-0.15, -0.1) is 0 Å². The van der Waals surface area contributed by atoms with Gasteiger partial charge in [0.05, 0.1) is 17.9 Å². The Balaban J connectivity index is 2.80. The molecule has 0 atom stereocenters. The summed E-state index contributed by atoms with van der Waals surface area (Å²) in [6, 6.07) is 2.53. The predicted octanol–water partition coefficient (Wildman–Crippen LogP) is 1.95. The normalized spacial score (nSPS) is 10.7. The molecule has 1 aromatic rings. The fraction of sp³-hybridized carbons (Fsp3) is 0.500. The SMILES string of the molecule is CCOC(=O)c1cc(NCCN(C)CC)c(F)cc1N. The number of anilines is 2. The maximum atomic E-state index is 13.8. The van der Waals surface area contributed by atoms with Crippen LogP contribution < -0.4 is 11.1 Å². The van der Waals surface area contributed by atoms with E-state index < -0.39 is 11.8 Å². The van der Waals surface area contributed by atoms with Crippen LogP contribution in [0.5, 0.6) is 0 Å². The number of nitrogens with zero attached hydrogens (tertiary/aromatic N) is 1. The Bertz CT molecular complexity index is 466. The van der Waals surface area contributed by atoms with Gasteiger partial charge in [0.15, 0.2) is 0 Å². The number of ether oxygens (including phenoxy) is 1. The van der Waals surface area contributed by atoms with E-state index in [1.165, 1.54) is 6.07 Å². The Kier molecular flexibility index (Phi) is 6.24. The van der Waals surface area contributed by atoms with Crippen LogP contribution in [0.2, 0.25) is 0 Å². The number of nitrogens with one attached hydrogen (secondary N) is 1. The van der Waals surface area contributed by atoms with E-state index in [1.807, 2.05) is 14.0 Å². The van der Waals surface area contributed by atoms with E-state index in [2.05, 4.69) is 10.2 Å². The predicted molar refractivity (Wildman–Crippen MR) is 78.4 cm³/mol. The number of carbonyl (C=O) groups excluding carboxylic acids is 1. The van der Waals surface area contributed by atoms with Crippen LogP contribution >= 0.6 is 0 Å². The van der Waals surface area contributed by atoms with Crippen molar-refractivity contribution >= 4 is 17.3 Å². The van der Waals surface area contributed by atoms with Gasteiger partial charge in [-0.05, 0) is 32.6 Å². The van der Waals surface area contributed by atoms with Gasteiger partial charge in [-0.2, -0.15) is 0 Å². The summed E-state index contributed by atoms with van der Waals surface area (Å²) in [7, 11) is 1.98.